The first-order valence-electron chi connectivity index (χ1n) is 4.44. The van der Waals surface area contributed by atoms with Crippen LogP contribution in [0.2, 0.25) is 0 Å². The largest absolute Gasteiger partial charge is 0.464 e. The van der Waals surface area contributed by atoms with Gasteiger partial charge in [-0.2, -0.15) is 0 Å². The van der Waals surface area contributed by atoms with E-state index in [4.69, 9.17) is 10.5 Å². The Kier molecular flexibility index (Phi) is 4.04. The molecule has 0 radical (unpaired) electrons. The Balaban J connectivity index is 2.10. The summed E-state index contributed by atoms with van der Waals surface area (Å²) in [6, 6.07) is -0.0669. The number of carbonyl (C=O) groups is 1. The topological polar surface area (TPSA) is 64.3 Å². The molecule has 0 aromatic heterocycles. The van der Waals surface area contributed by atoms with Gasteiger partial charge in [-0.25, -0.2) is 0 Å². The van der Waals surface area contributed by atoms with E-state index in [1.54, 1.807) is 0 Å². The van der Waals surface area contributed by atoms with Gasteiger partial charge in [-0.15, -0.1) is 0 Å². The third-order valence-electron chi connectivity index (χ3n) is 1.94. The number of rotatable bonds is 4. The molecule has 0 saturated carbocycles. The molecule has 3 N–H and O–H groups in total. The summed E-state index contributed by atoms with van der Waals surface area (Å²) in [5, 5.41) is 3.08. The molecule has 1 saturated heterocycles. The number of hydrogen-bond acceptors (Lipinski definition) is 4. The summed E-state index contributed by atoms with van der Waals surface area (Å²) >= 11 is 0. The van der Waals surface area contributed by atoms with Gasteiger partial charge in [0.15, 0.2) is 0 Å². The van der Waals surface area contributed by atoms with E-state index in [0.29, 0.717) is 13.2 Å². The Hall–Kier alpha value is -0.610. The van der Waals surface area contributed by atoms with Crippen molar-refractivity contribution in [2.75, 3.05) is 19.7 Å². The number of esters is 1. The fourth-order valence-electron chi connectivity index (χ4n) is 1.24. The van der Waals surface area contributed by atoms with Gasteiger partial charge in [0.05, 0.1) is 6.61 Å². The van der Waals surface area contributed by atoms with Crippen LogP contribution < -0.4 is 11.1 Å². The van der Waals surface area contributed by atoms with Gasteiger partial charge in [-0.1, -0.05) is 0 Å². The van der Waals surface area contributed by atoms with Crippen molar-refractivity contribution in [3.63, 3.8) is 0 Å². The van der Waals surface area contributed by atoms with Crippen molar-refractivity contribution in [1.29, 1.82) is 0 Å². The molecule has 0 aromatic rings. The van der Waals surface area contributed by atoms with E-state index in [0.717, 1.165) is 25.8 Å². The van der Waals surface area contributed by atoms with Crippen LogP contribution in [0.25, 0.3) is 0 Å². The van der Waals surface area contributed by atoms with Crippen molar-refractivity contribution in [1.82, 2.24) is 5.32 Å². The molecule has 1 rings (SSSR count). The van der Waals surface area contributed by atoms with Gasteiger partial charge in [-0.3, -0.25) is 4.79 Å². The predicted molar refractivity (Wildman–Crippen MR) is 45.7 cm³/mol. The summed E-state index contributed by atoms with van der Waals surface area (Å²) < 4.78 is 4.98. The molecule has 12 heavy (non-hydrogen) atoms. The maximum absolute atomic E-state index is 11.2. The van der Waals surface area contributed by atoms with Gasteiger partial charge < -0.3 is 15.8 Å². The van der Waals surface area contributed by atoms with Crippen molar-refractivity contribution in [2.24, 2.45) is 5.73 Å². The van der Waals surface area contributed by atoms with Crippen LogP contribution in [0.3, 0.4) is 0 Å². The fourth-order valence-corrected chi connectivity index (χ4v) is 1.24. The van der Waals surface area contributed by atoms with E-state index in [1.165, 1.54) is 0 Å². The average Bonchev–Trinajstić information content (AvgIpc) is 2.56. The second-order valence-electron chi connectivity index (χ2n) is 2.96. The lowest BCUT2D eigenvalue weighted by Gasteiger charge is -2.09. The lowest BCUT2D eigenvalue weighted by Crippen LogP contribution is -2.32. The molecule has 70 valence electrons. The maximum Gasteiger partial charge on any atom is 0.323 e. The van der Waals surface area contributed by atoms with Crippen molar-refractivity contribution < 1.29 is 9.53 Å². The molecule has 1 fully saturated rings. The minimum Gasteiger partial charge on any atom is -0.464 e. The number of nitrogens with one attached hydrogen (secondary N) is 1. The second-order valence-corrected chi connectivity index (χ2v) is 2.96. The highest BCUT2D eigenvalue weighted by Crippen LogP contribution is 2.06. The molecule has 0 aliphatic carbocycles. The first kappa shape index (κ1) is 9.48. The van der Waals surface area contributed by atoms with Gasteiger partial charge in [0.2, 0.25) is 0 Å². The third kappa shape index (κ3) is 2.79. The van der Waals surface area contributed by atoms with E-state index in [9.17, 15) is 4.79 Å². The fraction of sp³-hybridized carbons (Fsp3) is 0.875. The van der Waals surface area contributed by atoms with Crippen LogP contribution >= 0.6 is 0 Å². The zero-order chi connectivity index (χ0) is 8.81. The molecule has 1 aliphatic heterocycles. The first-order chi connectivity index (χ1) is 5.84. The van der Waals surface area contributed by atoms with Crippen LogP contribution in [-0.4, -0.2) is 31.7 Å². The number of ether oxygens (including phenoxy) is 1. The highest BCUT2D eigenvalue weighted by Gasteiger charge is 2.22. The Bertz CT molecular complexity index is 144. The Morgan fingerprint density at radius 2 is 2.50 bits per heavy atom. The predicted octanol–water partition coefficient (Wildman–Crippen LogP) is -0.370. The highest BCUT2D eigenvalue weighted by atomic mass is 16.5. The molecule has 0 amide bonds. The number of nitrogens with two attached hydrogens (primary N) is 1. The van der Waals surface area contributed by atoms with E-state index in [2.05, 4.69) is 5.32 Å². The second kappa shape index (κ2) is 5.11. The number of carbonyl (C=O) groups excluding carboxylic acids is 1. The molecule has 4 heteroatoms. The molecule has 0 bridgehead atoms. The van der Waals surface area contributed by atoms with Crippen molar-refractivity contribution >= 4 is 5.97 Å². The average molecular weight is 172 g/mol. The Morgan fingerprint density at radius 3 is 3.08 bits per heavy atom. The summed E-state index contributed by atoms with van der Waals surface area (Å²) in [6.45, 7) is 1.95. The van der Waals surface area contributed by atoms with Crippen molar-refractivity contribution in [3.8, 4) is 0 Å². The summed E-state index contributed by atoms with van der Waals surface area (Å²) in [5.41, 5.74) is 5.26. The molecular formula is C8H16N2O2. The van der Waals surface area contributed by atoms with E-state index in [1.807, 2.05) is 0 Å². The standard InChI is InChI=1S/C8H16N2O2/c9-4-2-6-12-8(11)7-3-1-5-10-7/h7,10H,1-6,9H2/t7-/m0/s1. The first-order valence-corrected chi connectivity index (χ1v) is 4.44. The van der Waals surface area contributed by atoms with Gasteiger partial charge in [-0.05, 0) is 32.4 Å². The van der Waals surface area contributed by atoms with E-state index < -0.39 is 0 Å². The molecule has 0 unspecified atom stereocenters. The maximum atomic E-state index is 11.2. The zero-order valence-corrected chi connectivity index (χ0v) is 7.21. The van der Waals surface area contributed by atoms with Crippen LogP contribution in [-0.2, 0) is 9.53 Å². The van der Waals surface area contributed by atoms with E-state index >= 15 is 0 Å². The van der Waals surface area contributed by atoms with Gasteiger partial charge >= 0.3 is 5.97 Å². The van der Waals surface area contributed by atoms with Crippen molar-refractivity contribution in [3.05, 3.63) is 0 Å². The quantitative estimate of drug-likeness (QED) is 0.448. The molecule has 1 heterocycles. The third-order valence-corrected chi connectivity index (χ3v) is 1.94. The molecular weight excluding hydrogens is 156 g/mol. The minimum absolute atomic E-state index is 0.0669. The summed E-state index contributed by atoms with van der Waals surface area (Å²) in [7, 11) is 0. The SMILES string of the molecule is NCCCOC(=O)[C@@H]1CCCN1. The molecule has 1 aliphatic rings. The molecule has 0 spiro atoms. The summed E-state index contributed by atoms with van der Waals surface area (Å²) in [6.07, 6.45) is 2.72. The Morgan fingerprint density at radius 1 is 1.67 bits per heavy atom. The van der Waals surface area contributed by atoms with Crippen molar-refractivity contribution in [2.45, 2.75) is 25.3 Å². The number of hydrogen-bond donors (Lipinski definition) is 2. The monoisotopic (exact) mass is 172 g/mol. The van der Waals surface area contributed by atoms with Crippen LogP contribution in [0.1, 0.15) is 19.3 Å². The van der Waals surface area contributed by atoms with E-state index in [-0.39, 0.29) is 12.0 Å². The molecule has 0 aromatic carbocycles. The van der Waals surface area contributed by atoms with Crippen LogP contribution in [0.15, 0.2) is 0 Å². The lowest BCUT2D eigenvalue weighted by atomic mass is 10.2. The highest BCUT2D eigenvalue weighted by molar-refractivity contribution is 5.76. The smallest absolute Gasteiger partial charge is 0.323 e. The van der Waals surface area contributed by atoms with Crippen LogP contribution in [0, 0.1) is 0 Å². The molecule has 4 nitrogen and oxygen atoms in total. The van der Waals surface area contributed by atoms with Crippen LogP contribution in [0.5, 0.6) is 0 Å². The zero-order valence-electron chi connectivity index (χ0n) is 7.21. The normalized spacial score (nSPS) is 22.6. The minimum atomic E-state index is -0.124. The summed E-state index contributed by atoms with van der Waals surface area (Å²) in [5.74, 6) is -0.124. The van der Waals surface area contributed by atoms with Crippen LogP contribution in [0.4, 0.5) is 0 Å². The van der Waals surface area contributed by atoms with Gasteiger partial charge in [0, 0.05) is 0 Å². The summed E-state index contributed by atoms with van der Waals surface area (Å²) in [4.78, 5) is 11.2. The molecule has 1 atom stereocenters. The lowest BCUT2D eigenvalue weighted by molar-refractivity contribution is -0.145. The van der Waals surface area contributed by atoms with Gasteiger partial charge in [0.1, 0.15) is 6.04 Å². The Labute approximate surface area is 72.5 Å². The van der Waals surface area contributed by atoms with Gasteiger partial charge in [0.25, 0.3) is 0 Å².